The molecule has 0 aliphatic rings. The highest BCUT2D eigenvalue weighted by Crippen LogP contribution is 2.24. The van der Waals surface area contributed by atoms with Crippen LogP contribution in [0.25, 0.3) is 0 Å². The van der Waals surface area contributed by atoms with E-state index < -0.39 is 10.0 Å². The van der Waals surface area contributed by atoms with E-state index >= 15 is 0 Å². The van der Waals surface area contributed by atoms with Crippen molar-refractivity contribution in [2.75, 3.05) is 26.8 Å². The summed E-state index contributed by atoms with van der Waals surface area (Å²) in [6.45, 7) is 2.63. The van der Waals surface area contributed by atoms with Crippen molar-refractivity contribution in [2.24, 2.45) is 0 Å². The van der Waals surface area contributed by atoms with Gasteiger partial charge in [0, 0.05) is 31.5 Å². The first-order valence-corrected chi connectivity index (χ1v) is 7.70. The summed E-state index contributed by atoms with van der Waals surface area (Å²) in [4.78, 5) is 0.945. The van der Waals surface area contributed by atoms with Gasteiger partial charge >= 0.3 is 0 Å². The van der Waals surface area contributed by atoms with Crippen molar-refractivity contribution in [3.63, 3.8) is 0 Å². The van der Waals surface area contributed by atoms with Crippen LogP contribution in [0.4, 0.5) is 0 Å². The van der Waals surface area contributed by atoms with Crippen molar-refractivity contribution in [3.05, 3.63) is 17.0 Å². The van der Waals surface area contributed by atoms with Crippen LogP contribution in [0.5, 0.6) is 0 Å². The number of methoxy groups -OCH3 is 1. The van der Waals surface area contributed by atoms with Crippen molar-refractivity contribution in [1.29, 1.82) is 5.26 Å². The second kappa shape index (κ2) is 6.85. The molecule has 1 aromatic heterocycles. The molecule has 0 saturated heterocycles. The summed E-state index contributed by atoms with van der Waals surface area (Å²) >= 11 is 1.24. The monoisotopic (exact) mass is 288 g/mol. The molecule has 0 aliphatic heterocycles. The number of hydrogen-bond acceptors (Lipinski definition) is 5. The van der Waals surface area contributed by atoms with Gasteiger partial charge in [0.15, 0.2) is 0 Å². The largest absolute Gasteiger partial charge is 0.383 e. The molecule has 0 unspecified atom stereocenters. The fourth-order valence-electron chi connectivity index (χ4n) is 1.40. The summed E-state index contributed by atoms with van der Waals surface area (Å²) in [5, 5.41) is 8.58. The van der Waals surface area contributed by atoms with E-state index in [2.05, 4.69) is 0 Å². The van der Waals surface area contributed by atoms with Gasteiger partial charge in [0.1, 0.15) is 4.21 Å². The molecule has 5 nitrogen and oxygen atoms in total. The molecule has 0 radical (unpaired) electrons. The molecular formula is C11H16N2O3S2. The fourth-order valence-corrected chi connectivity index (χ4v) is 4.26. The summed E-state index contributed by atoms with van der Waals surface area (Å²) in [6, 6.07) is 5.33. The Hall–Kier alpha value is -0.940. The summed E-state index contributed by atoms with van der Waals surface area (Å²) < 4.78 is 31.2. The van der Waals surface area contributed by atoms with Gasteiger partial charge in [-0.25, -0.2) is 8.42 Å². The Morgan fingerprint density at radius 3 is 2.67 bits per heavy atom. The molecule has 1 heterocycles. The van der Waals surface area contributed by atoms with E-state index in [-0.39, 0.29) is 19.5 Å². The smallest absolute Gasteiger partial charge is 0.252 e. The first kappa shape index (κ1) is 15.1. The molecule has 7 heteroatoms. The zero-order chi connectivity index (χ0) is 13.6. The van der Waals surface area contributed by atoms with Gasteiger partial charge in [-0.15, -0.1) is 11.3 Å². The van der Waals surface area contributed by atoms with E-state index in [9.17, 15) is 8.42 Å². The average molecular weight is 288 g/mol. The summed E-state index contributed by atoms with van der Waals surface area (Å²) in [5.41, 5.74) is 0. The van der Waals surface area contributed by atoms with Crippen molar-refractivity contribution in [3.8, 4) is 6.07 Å². The zero-order valence-electron chi connectivity index (χ0n) is 10.4. The van der Waals surface area contributed by atoms with E-state index in [1.54, 1.807) is 12.1 Å². The highest BCUT2D eigenvalue weighted by molar-refractivity contribution is 7.91. The molecule has 18 heavy (non-hydrogen) atoms. The van der Waals surface area contributed by atoms with E-state index in [1.807, 2.05) is 13.0 Å². The third kappa shape index (κ3) is 3.78. The lowest BCUT2D eigenvalue weighted by molar-refractivity contribution is 0.179. The van der Waals surface area contributed by atoms with Crippen LogP contribution in [0.3, 0.4) is 0 Å². The average Bonchev–Trinajstić information content (AvgIpc) is 2.76. The van der Waals surface area contributed by atoms with Crippen LogP contribution < -0.4 is 0 Å². The Morgan fingerprint density at radius 2 is 2.17 bits per heavy atom. The lowest BCUT2D eigenvalue weighted by Crippen LogP contribution is -2.34. The van der Waals surface area contributed by atoms with E-state index in [1.165, 1.54) is 22.8 Å². The van der Waals surface area contributed by atoms with Crippen LogP contribution in [0.1, 0.15) is 11.3 Å². The van der Waals surface area contributed by atoms with Crippen LogP contribution in [0.2, 0.25) is 0 Å². The molecule has 1 rings (SSSR count). The molecule has 0 atom stereocenters. The SMILES string of the molecule is COCCN(CCC#N)S(=O)(=O)c1ccc(C)s1. The minimum Gasteiger partial charge on any atom is -0.383 e. The van der Waals surface area contributed by atoms with Crippen LogP contribution in [0.15, 0.2) is 16.3 Å². The summed E-state index contributed by atoms with van der Waals surface area (Å²) in [6.07, 6.45) is 0.174. The highest BCUT2D eigenvalue weighted by atomic mass is 32.2. The lowest BCUT2D eigenvalue weighted by atomic mass is 10.4. The third-order valence-corrected chi connectivity index (χ3v) is 5.69. The number of sulfonamides is 1. The summed E-state index contributed by atoms with van der Waals surface area (Å²) in [7, 11) is -1.99. The first-order valence-electron chi connectivity index (χ1n) is 5.45. The first-order chi connectivity index (χ1) is 8.52. The minimum atomic E-state index is -3.50. The third-order valence-electron chi connectivity index (χ3n) is 2.33. The molecule has 0 fully saturated rings. The number of thiophene rings is 1. The molecule has 0 amide bonds. The van der Waals surface area contributed by atoms with Gasteiger partial charge in [-0.1, -0.05) is 0 Å². The molecule has 0 aromatic carbocycles. The highest BCUT2D eigenvalue weighted by Gasteiger charge is 2.25. The maximum absolute atomic E-state index is 12.3. The van der Waals surface area contributed by atoms with E-state index in [4.69, 9.17) is 10.00 Å². The van der Waals surface area contributed by atoms with Gasteiger partial charge in [0.25, 0.3) is 10.0 Å². The number of hydrogen-bond donors (Lipinski definition) is 0. The van der Waals surface area contributed by atoms with Gasteiger partial charge in [-0.2, -0.15) is 9.57 Å². The number of ether oxygens (including phenoxy) is 1. The quantitative estimate of drug-likeness (QED) is 0.764. The molecule has 0 bridgehead atoms. The molecule has 100 valence electrons. The Bertz CT molecular complexity index is 517. The maximum Gasteiger partial charge on any atom is 0.252 e. The number of rotatable bonds is 7. The minimum absolute atomic E-state index is 0.174. The van der Waals surface area contributed by atoms with E-state index in [0.29, 0.717) is 10.8 Å². The number of nitriles is 1. The van der Waals surface area contributed by atoms with Crippen LogP contribution in [0, 0.1) is 18.3 Å². The van der Waals surface area contributed by atoms with Gasteiger partial charge in [-0.05, 0) is 19.1 Å². The van der Waals surface area contributed by atoms with Crippen molar-refractivity contribution >= 4 is 21.4 Å². The molecule has 0 aliphatic carbocycles. The van der Waals surface area contributed by atoms with Crippen molar-refractivity contribution in [2.45, 2.75) is 17.6 Å². The van der Waals surface area contributed by atoms with E-state index in [0.717, 1.165) is 4.88 Å². The maximum atomic E-state index is 12.3. The van der Waals surface area contributed by atoms with Gasteiger partial charge in [0.2, 0.25) is 0 Å². The van der Waals surface area contributed by atoms with Crippen molar-refractivity contribution in [1.82, 2.24) is 4.31 Å². The van der Waals surface area contributed by atoms with Crippen LogP contribution >= 0.6 is 11.3 Å². The predicted octanol–water partition coefficient (Wildman–Crippen LogP) is 1.61. The standard InChI is InChI=1S/C11H16N2O3S2/c1-10-4-5-11(17-10)18(14,15)13(7-3-6-12)8-9-16-2/h4-5H,3,7-9H2,1-2H3. The second-order valence-corrected chi connectivity index (χ2v) is 7.12. The molecule has 0 N–H and O–H groups in total. The fraction of sp³-hybridized carbons (Fsp3) is 0.545. The Morgan fingerprint density at radius 1 is 1.44 bits per heavy atom. The van der Waals surface area contributed by atoms with Crippen LogP contribution in [-0.4, -0.2) is 39.5 Å². The second-order valence-electron chi connectivity index (χ2n) is 3.67. The van der Waals surface area contributed by atoms with Gasteiger partial charge < -0.3 is 4.74 Å². The Balaban J connectivity index is 2.92. The lowest BCUT2D eigenvalue weighted by Gasteiger charge is -2.19. The topological polar surface area (TPSA) is 70.4 Å². The van der Waals surface area contributed by atoms with Gasteiger partial charge in [0.05, 0.1) is 12.7 Å². The summed E-state index contributed by atoms with van der Waals surface area (Å²) in [5.74, 6) is 0. The van der Waals surface area contributed by atoms with Crippen molar-refractivity contribution < 1.29 is 13.2 Å². The molecular weight excluding hydrogens is 272 g/mol. The predicted molar refractivity (Wildman–Crippen MR) is 69.9 cm³/mol. The molecule has 0 spiro atoms. The normalized spacial score (nSPS) is 11.7. The van der Waals surface area contributed by atoms with Gasteiger partial charge in [-0.3, -0.25) is 0 Å². The number of nitrogens with zero attached hydrogens (tertiary/aromatic N) is 2. The Kier molecular flexibility index (Phi) is 5.75. The molecule has 1 aromatic rings. The van der Waals surface area contributed by atoms with Crippen LogP contribution in [-0.2, 0) is 14.8 Å². The molecule has 0 saturated carbocycles. The zero-order valence-corrected chi connectivity index (χ0v) is 12.1. The number of aryl methyl sites for hydroxylation is 1. The Labute approximate surface area is 112 Å².